The Morgan fingerprint density at radius 1 is 1.25 bits per heavy atom. The second-order valence-corrected chi connectivity index (χ2v) is 5.65. The van der Waals surface area contributed by atoms with Crippen LogP contribution in [0.15, 0.2) is 53.6 Å². The summed E-state index contributed by atoms with van der Waals surface area (Å²) in [7, 11) is 0. The number of hydrazone groups is 1. The zero-order valence-electron chi connectivity index (χ0n) is 14.1. The van der Waals surface area contributed by atoms with Crippen molar-refractivity contribution in [1.29, 1.82) is 0 Å². The predicted octanol–water partition coefficient (Wildman–Crippen LogP) is 3.11. The van der Waals surface area contributed by atoms with Crippen LogP contribution in [0.25, 0.3) is 11.0 Å². The van der Waals surface area contributed by atoms with Crippen molar-refractivity contribution in [2.45, 2.75) is 12.7 Å². The van der Waals surface area contributed by atoms with Gasteiger partial charge < -0.3 is 4.57 Å². The maximum absolute atomic E-state index is 13.2. The maximum atomic E-state index is 13.2. The molecule has 0 spiro atoms. The molecule has 28 heavy (non-hydrogen) atoms. The Morgan fingerprint density at radius 3 is 2.71 bits per heavy atom. The number of nitrogens with zero attached hydrogens (tertiary/aromatic N) is 4. The number of rotatable bonds is 5. The van der Waals surface area contributed by atoms with Gasteiger partial charge in [0.05, 0.1) is 22.2 Å². The zero-order chi connectivity index (χ0) is 20.3. The van der Waals surface area contributed by atoms with Gasteiger partial charge in [0, 0.05) is 17.7 Å². The van der Waals surface area contributed by atoms with Crippen molar-refractivity contribution in [3.63, 3.8) is 0 Å². The molecule has 0 unspecified atom stereocenters. The van der Waals surface area contributed by atoms with Crippen molar-refractivity contribution in [3.8, 4) is 0 Å². The monoisotopic (exact) mass is 391 g/mol. The van der Waals surface area contributed by atoms with Gasteiger partial charge in [-0.1, -0.05) is 24.3 Å². The summed E-state index contributed by atoms with van der Waals surface area (Å²) in [6.07, 6.45) is -3.58. The number of nitro benzene ring substituents is 1. The van der Waals surface area contributed by atoms with Crippen molar-refractivity contribution in [3.05, 3.63) is 70.0 Å². The summed E-state index contributed by atoms with van der Waals surface area (Å²) in [4.78, 5) is 25.7. The number of alkyl halides is 3. The van der Waals surface area contributed by atoms with E-state index >= 15 is 0 Å². The molecule has 144 valence electrons. The lowest BCUT2D eigenvalue weighted by atomic mass is 10.2. The van der Waals surface area contributed by atoms with Gasteiger partial charge in [0.25, 0.3) is 11.6 Å². The number of carbonyl (C=O) groups excluding carboxylic acids is 1. The fourth-order valence-corrected chi connectivity index (χ4v) is 2.53. The van der Waals surface area contributed by atoms with Gasteiger partial charge in [-0.2, -0.15) is 18.3 Å². The highest BCUT2D eigenvalue weighted by Gasteiger charge is 2.37. The smallest absolute Gasteiger partial charge is 0.311 e. The number of amides is 1. The van der Waals surface area contributed by atoms with E-state index in [0.717, 1.165) is 10.8 Å². The lowest BCUT2D eigenvalue weighted by Gasteiger charge is -2.10. The van der Waals surface area contributed by atoms with Crippen LogP contribution in [0, 0.1) is 10.1 Å². The number of halogens is 3. The highest BCUT2D eigenvalue weighted by Crippen LogP contribution is 2.31. The average molecular weight is 391 g/mol. The molecule has 3 rings (SSSR count). The molecular formula is C17H12F3N5O3. The van der Waals surface area contributed by atoms with Crippen LogP contribution >= 0.6 is 0 Å². The van der Waals surface area contributed by atoms with Crippen LogP contribution in [-0.4, -0.2) is 26.6 Å². The zero-order valence-corrected chi connectivity index (χ0v) is 14.1. The van der Waals surface area contributed by atoms with Crippen molar-refractivity contribution in [2.24, 2.45) is 5.10 Å². The van der Waals surface area contributed by atoms with Crippen LogP contribution in [0.3, 0.4) is 0 Å². The Labute approximate surface area is 155 Å². The number of para-hydroxylation sites is 2. The second-order valence-electron chi connectivity index (χ2n) is 5.65. The van der Waals surface area contributed by atoms with Gasteiger partial charge in [0.15, 0.2) is 0 Å². The Bertz CT molecular complexity index is 1080. The maximum Gasteiger partial charge on any atom is 0.449 e. The topological polar surface area (TPSA) is 102 Å². The quantitative estimate of drug-likeness (QED) is 0.410. The molecule has 1 aromatic heterocycles. The highest BCUT2D eigenvalue weighted by molar-refractivity contribution is 5.84. The van der Waals surface area contributed by atoms with Crippen molar-refractivity contribution >= 4 is 28.8 Å². The molecule has 1 amide bonds. The van der Waals surface area contributed by atoms with Crippen LogP contribution in [0.4, 0.5) is 18.9 Å². The van der Waals surface area contributed by atoms with Gasteiger partial charge in [-0.05, 0) is 12.1 Å². The third-order valence-corrected chi connectivity index (χ3v) is 3.69. The van der Waals surface area contributed by atoms with Gasteiger partial charge in [-0.25, -0.2) is 10.4 Å². The highest BCUT2D eigenvalue weighted by atomic mass is 19.4. The minimum Gasteiger partial charge on any atom is -0.311 e. The molecule has 8 nitrogen and oxygen atoms in total. The Morgan fingerprint density at radius 2 is 2.00 bits per heavy atom. The van der Waals surface area contributed by atoms with Crippen LogP contribution < -0.4 is 5.43 Å². The molecule has 3 aromatic rings. The molecular weight excluding hydrogens is 379 g/mol. The van der Waals surface area contributed by atoms with E-state index in [1.54, 1.807) is 12.1 Å². The predicted molar refractivity (Wildman–Crippen MR) is 93.6 cm³/mol. The van der Waals surface area contributed by atoms with Gasteiger partial charge in [0.1, 0.15) is 6.54 Å². The molecule has 2 aromatic carbocycles. The van der Waals surface area contributed by atoms with Crippen molar-refractivity contribution in [1.82, 2.24) is 15.0 Å². The van der Waals surface area contributed by atoms with Crippen LogP contribution in [0.2, 0.25) is 0 Å². The van der Waals surface area contributed by atoms with E-state index in [-0.39, 0.29) is 16.7 Å². The minimum absolute atomic E-state index is 0.114. The van der Waals surface area contributed by atoms with Gasteiger partial charge in [-0.3, -0.25) is 14.9 Å². The van der Waals surface area contributed by atoms with E-state index in [1.165, 1.54) is 36.4 Å². The van der Waals surface area contributed by atoms with Crippen LogP contribution in [0.5, 0.6) is 0 Å². The van der Waals surface area contributed by atoms with Gasteiger partial charge in [-0.15, -0.1) is 0 Å². The first-order chi connectivity index (χ1) is 13.3. The SMILES string of the molecule is O=C(Cn1c(C(F)(F)F)nc2ccccc21)N/N=C\c1cccc([N+](=O)[O-])c1. The Hall–Kier alpha value is -3.76. The van der Waals surface area contributed by atoms with Crippen LogP contribution in [0.1, 0.15) is 11.4 Å². The number of imidazole rings is 1. The summed E-state index contributed by atoms with van der Waals surface area (Å²) in [5, 5.41) is 14.4. The number of benzene rings is 2. The first-order valence-corrected chi connectivity index (χ1v) is 7.84. The Kier molecular flexibility index (Phi) is 5.07. The molecule has 11 heteroatoms. The van der Waals surface area contributed by atoms with E-state index in [9.17, 15) is 28.1 Å². The minimum atomic E-state index is -4.73. The number of nitrogens with one attached hydrogen (secondary N) is 1. The molecule has 0 fully saturated rings. The summed E-state index contributed by atoms with van der Waals surface area (Å²) in [6, 6.07) is 11.4. The van der Waals surface area contributed by atoms with E-state index in [0.29, 0.717) is 5.56 Å². The third kappa shape index (κ3) is 4.14. The summed E-state index contributed by atoms with van der Waals surface area (Å²) >= 11 is 0. The first-order valence-electron chi connectivity index (χ1n) is 7.84. The second kappa shape index (κ2) is 7.47. The number of fused-ring (bicyclic) bond motifs is 1. The molecule has 0 bridgehead atoms. The van der Waals surface area contributed by atoms with Crippen molar-refractivity contribution < 1.29 is 22.9 Å². The molecule has 0 radical (unpaired) electrons. The number of carbonyl (C=O) groups is 1. The fraction of sp³-hybridized carbons (Fsp3) is 0.118. The molecule has 0 atom stereocenters. The van der Waals surface area contributed by atoms with E-state index in [1.807, 2.05) is 0 Å². The Balaban J connectivity index is 1.77. The lowest BCUT2D eigenvalue weighted by Crippen LogP contribution is -2.26. The lowest BCUT2D eigenvalue weighted by molar-refractivity contribution is -0.384. The first kappa shape index (κ1) is 19.0. The van der Waals surface area contributed by atoms with Gasteiger partial charge >= 0.3 is 6.18 Å². The largest absolute Gasteiger partial charge is 0.449 e. The summed E-state index contributed by atoms with van der Waals surface area (Å²) in [5.74, 6) is -2.00. The van der Waals surface area contributed by atoms with Crippen LogP contribution in [-0.2, 0) is 17.5 Å². The standard InChI is InChI=1S/C17H12F3N5O3/c18-17(19,20)16-22-13-6-1-2-7-14(13)24(16)10-15(26)23-21-9-11-4-3-5-12(8-11)25(27)28/h1-9H,10H2,(H,23,26)/b21-9-. The fourth-order valence-electron chi connectivity index (χ4n) is 2.53. The third-order valence-electron chi connectivity index (χ3n) is 3.69. The molecule has 0 saturated carbocycles. The molecule has 0 saturated heterocycles. The number of hydrogen-bond donors (Lipinski definition) is 1. The summed E-state index contributed by atoms with van der Waals surface area (Å²) < 4.78 is 40.4. The van der Waals surface area contributed by atoms with Gasteiger partial charge in [0.2, 0.25) is 5.82 Å². The molecule has 0 aliphatic heterocycles. The number of nitro groups is 1. The number of aromatic nitrogens is 2. The van der Waals surface area contributed by atoms with E-state index < -0.39 is 29.4 Å². The summed E-state index contributed by atoms with van der Waals surface area (Å²) in [5.41, 5.74) is 2.57. The summed E-state index contributed by atoms with van der Waals surface area (Å²) in [6.45, 7) is -0.651. The number of hydrogen-bond acceptors (Lipinski definition) is 5. The number of non-ortho nitro benzene ring substituents is 1. The normalized spacial score (nSPS) is 11.8. The molecule has 0 aliphatic rings. The average Bonchev–Trinajstić information content (AvgIpc) is 3.01. The molecule has 1 N–H and O–H groups in total. The molecule has 0 aliphatic carbocycles. The van der Waals surface area contributed by atoms with Crippen molar-refractivity contribution in [2.75, 3.05) is 0 Å². The van der Waals surface area contributed by atoms with E-state index in [4.69, 9.17) is 0 Å². The van der Waals surface area contributed by atoms with E-state index in [2.05, 4.69) is 15.5 Å². The molecule has 1 heterocycles.